The number of hydrogen-bond donors (Lipinski definition) is 1. The van der Waals surface area contributed by atoms with Gasteiger partial charge in [-0.3, -0.25) is 13.9 Å². The first-order valence-corrected chi connectivity index (χ1v) is 15.3. The number of amides is 2. The van der Waals surface area contributed by atoms with Crippen molar-refractivity contribution in [2.24, 2.45) is 0 Å². The second-order valence-electron chi connectivity index (χ2n) is 10.6. The normalized spacial score (nSPS) is 13.5. The molecule has 0 radical (unpaired) electrons. The monoisotopic (exact) mass is 583 g/mol. The van der Waals surface area contributed by atoms with Crippen LogP contribution in [0.25, 0.3) is 0 Å². The maximum absolute atomic E-state index is 13.8. The van der Waals surface area contributed by atoms with Gasteiger partial charge in [-0.25, -0.2) is 8.42 Å². The van der Waals surface area contributed by atoms with Gasteiger partial charge in [-0.15, -0.1) is 0 Å². The van der Waals surface area contributed by atoms with Crippen LogP contribution in [0.5, 0.6) is 0 Å². The zero-order chi connectivity index (χ0) is 28.8. The molecule has 210 valence electrons. The smallest absolute Gasteiger partial charge is 0.244 e. The minimum Gasteiger partial charge on any atom is -0.352 e. The summed E-state index contributed by atoms with van der Waals surface area (Å²) in [6, 6.07) is 11.2. The molecule has 0 heterocycles. The van der Waals surface area contributed by atoms with E-state index in [4.69, 9.17) is 23.2 Å². The third kappa shape index (κ3) is 8.61. The summed E-state index contributed by atoms with van der Waals surface area (Å²) in [5.41, 5.74) is 1.97. The second kappa shape index (κ2) is 13.2. The molecule has 2 aromatic rings. The van der Waals surface area contributed by atoms with Crippen LogP contribution >= 0.6 is 23.2 Å². The molecule has 0 saturated heterocycles. The number of nitrogens with zero attached hydrogens (tertiary/aromatic N) is 2. The zero-order valence-electron chi connectivity index (χ0n) is 23.2. The van der Waals surface area contributed by atoms with E-state index in [9.17, 15) is 18.0 Å². The van der Waals surface area contributed by atoms with Gasteiger partial charge in [-0.05, 0) is 60.6 Å². The minimum atomic E-state index is -3.81. The molecule has 0 aliphatic rings. The maximum atomic E-state index is 13.8. The first-order valence-electron chi connectivity index (χ1n) is 12.7. The number of anilines is 1. The Kier molecular flexibility index (Phi) is 11.1. The first kappa shape index (κ1) is 31.9. The molecule has 10 heteroatoms. The number of hydrogen-bond acceptors (Lipinski definition) is 4. The third-order valence-electron chi connectivity index (χ3n) is 6.42. The number of rotatable bonds is 11. The van der Waals surface area contributed by atoms with E-state index in [1.54, 1.807) is 30.3 Å². The lowest BCUT2D eigenvalue weighted by Gasteiger charge is -2.33. The third-order valence-corrected chi connectivity index (χ3v) is 8.30. The molecule has 7 nitrogen and oxygen atoms in total. The summed E-state index contributed by atoms with van der Waals surface area (Å²) < 4.78 is 26.7. The predicted octanol–water partition coefficient (Wildman–Crippen LogP) is 5.78. The maximum Gasteiger partial charge on any atom is 0.244 e. The highest BCUT2D eigenvalue weighted by atomic mass is 35.5. The van der Waals surface area contributed by atoms with E-state index in [1.807, 2.05) is 32.9 Å². The Morgan fingerprint density at radius 2 is 1.58 bits per heavy atom. The summed E-state index contributed by atoms with van der Waals surface area (Å²) in [6.45, 7) is 11.5. The SMILES string of the molecule is CC[C@H](C)NC(=O)[C@H](CC)N(Cc1ccc(Cl)c(Cl)c1)C(=O)CN(c1ccc(C(C)(C)C)cc1)S(C)(=O)=O. The van der Waals surface area contributed by atoms with Crippen molar-refractivity contribution in [1.29, 1.82) is 0 Å². The minimum absolute atomic E-state index is 0.0583. The highest BCUT2D eigenvalue weighted by molar-refractivity contribution is 7.92. The number of sulfonamides is 1. The van der Waals surface area contributed by atoms with E-state index >= 15 is 0 Å². The Bertz CT molecular complexity index is 1230. The standard InChI is InChI=1S/C28H39Cl2N3O4S/c1-8-19(3)31-27(35)25(9-2)32(17-20-10-15-23(29)24(30)16-20)26(34)18-33(38(7,36)37)22-13-11-21(12-14-22)28(4,5)6/h10-16,19,25H,8-9,17-18H2,1-7H3,(H,31,35)/t19-,25-/m0/s1. The van der Waals surface area contributed by atoms with Crippen molar-refractivity contribution in [3.05, 3.63) is 63.6 Å². The second-order valence-corrected chi connectivity index (χ2v) is 13.3. The van der Waals surface area contributed by atoms with Gasteiger partial charge in [0.15, 0.2) is 0 Å². The summed E-state index contributed by atoms with van der Waals surface area (Å²) in [6.07, 6.45) is 2.14. The lowest BCUT2D eigenvalue weighted by molar-refractivity contribution is -0.140. The number of nitrogens with one attached hydrogen (secondary N) is 1. The van der Waals surface area contributed by atoms with Crippen LogP contribution in [-0.4, -0.2) is 50.0 Å². The molecule has 0 fully saturated rings. The molecule has 2 amide bonds. The highest BCUT2D eigenvalue weighted by Gasteiger charge is 2.32. The summed E-state index contributed by atoms with van der Waals surface area (Å²) in [5.74, 6) is -0.803. The van der Waals surface area contributed by atoms with Gasteiger partial charge in [0.2, 0.25) is 21.8 Å². The Labute approximate surface area is 237 Å². The van der Waals surface area contributed by atoms with E-state index in [0.717, 1.165) is 22.5 Å². The van der Waals surface area contributed by atoms with Gasteiger partial charge in [0.1, 0.15) is 12.6 Å². The molecule has 2 rings (SSSR count). The van der Waals surface area contributed by atoms with Gasteiger partial charge in [0, 0.05) is 12.6 Å². The van der Waals surface area contributed by atoms with Crippen LogP contribution in [0.1, 0.15) is 65.5 Å². The van der Waals surface area contributed by atoms with Crippen molar-refractivity contribution in [3.8, 4) is 0 Å². The predicted molar refractivity (Wildman–Crippen MR) is 156 cm³/mol. The van der Waals surface area contributed by atoms with Crippen molar-refractivity contribution < 1.29 is 18.0 Å². The molecule has 0 aliphatic carbocycles. The van der Waals surface area contributed by atoms with Crippen molar-refractivity contribution in [3.63, 3.8) is 0 Å². The Hall–Kier alpha value is -2.29. The van der Waals surface area contributed by atoms with Gasteiger partial charge >= 0.3 is 0 Å². The topological polar surface area (TPSA) is 86.8 Å². The molecule has 0 unspecified atom stereocenters. The lowest BCUT2D eigenvalue weighted by Crippen LogP contribution is -2.53. The van der Waals surface area contributed by atoms with E-state index in [-0.39, 0.29) is 23.9 Å². The zero-order valence-corrected chi connectivity index (χ0v) is 25.5. The quantitative estimate of drug-likeness (QED) is 0.363. The van der Waals surface area contributed by atoms with Gasteiger partial charge in [0.25, 0.3) is 0 Å². The van der Waals surface area contributed by atoms with Crippen LogP contribution in [0, 0.1) is 0 Å². The van der Waals surface area contributed by atoms with Crippen molar-refractivity contribution >= 4 is 50.7 Å². The number of carbonyl (C=O) groups is 2. The van der Waals surface area contributed by atoms with Crippen molar-refractivity contribution in [2.45, 2.75) is 78.4 Å². The Morgan fingerprint density at radius 1 is 0.974 bits per heavy atom. The fourth-order valence-corrected chi connectivity index (χ4v) is 5.11. The molecule has 0 bridgehead atoms. The summed E-state index contributed by atoms with van der Waals surface area (Å²) >= 11 is 12.3. The van der Waals surface area contributed by atoms with Gasteiger partial charge in [-0.1, -0.05) is 76.0 Å². The molecule has 1 N–H and O–H groups in total. The Morgan fingerprint density at radius 3 is 2.05 bits per heavy atom. The molecule has 0 aromatic heterocycles. The lowest BCUT2D eigenvalue weighted by atomic mass is 9.87. The van der Waals surface area contributed by atoms with Gasteiger partial charge in [-0.2, -0.15) is 0 Å². The molecule has 38 heavy (non-hydrogen) atoms. The first-order chi connectivity index (χ1) is 17.6. The summed E-state index contributed by atoms with van der Waals surface area (Å²) in [5, 5.41) is 3.64. The van der Waals surface area contributed by atoms with E-state index < -0.39 is 28.5 Å². The van der Waals surface area contributed by atoms with E-state index in [1.165, 1.54) is 4.90 Å². The van der Waals surface area contributed by atoms with Gasteiger partial charge < -0.3 is 10.2 Å². The van der Waals surface area contributed by atoms with Crippen molar-refractivity contribution in [2.75, 3.05) is 17.1 Å². The molecule has 0 spiro atoms. The van der Waals surface area contributed by atoms with Gasteiger partial charge in [0.05, 0.1) is 22.0 Å². The fraction of sp³-hybridized carbons (Fsp3) is 0.500. The number of benzene rings is 2. The fourth-order valence-electron chi connectivity index (χ4n) is 3.94. The molecular weight excluding hydrogens is 545 g/mol. The highest BCUT2D eigenvalue weighted by Crippen LogP contribution is 2.27. The average molecular weight is 585 g/mol. The van der Waals surface area contributed by atoms with Crippen LogP contribution in [-0.2, 0) is 31.6 Å². The number of halogens is 2. The summed E-state index contributed by atoms with van der Waals surface area (Å²) in [4.78, 5) is 28.4. The van der Waals surface area contributed by atoms with Crippen molar-refractivity contribution in [1.82, 2.24) is 10.2 Å². The molecular formula is C28H39Cl2N3O4S. The summed E-state index contributed by atoms with van der Waals surface area (Å²) in [7, 11) is -3.81. The largest absolute Gasteiger partial charge is 0.352 e. The van der Waals surface area contributed by atoms with Crippen LogP contribution in [0.2, 0.25) is 10.0 Å². The molecule has 0 saturated carbocycles. The van der Waals surface area contributed by atoms with E-state index in [2.05, 4.69) is 26.1 Å². The molecule has 0 aliphatic heterocycles. The van der Waals surface area contributed by atoms with E-state index in [0.29, 0.717) is 27.7 Å². The average Bonchev–Trinajstić information content (AvgIpc) is 2.83. The van der Waals surface area contributed by atoms with Crippen LogP contribution < -0.4 is 9.62 Å². The number of carbonyl (C=O) groups excluding carboxylic acids is 2. The van der Waals surface area contributed by atoms with Crippen LogP contribution in [0.4, 0.5) is 5.69 Å². The van der Waals surface area contributed by atoms with Crippen LogP contribution in [0.15, 0.2) is 42.5 Å². The Balaban J connectivity index is 2.47. The van der Waals surface area contributed by atoms with Crippen LogP contribution in [0.3, 0.4) is 0 Å². The molecule has 2 aromatic carbocycles. The molecule has 2 atom stereocenters.